The van der Waals surface area contributed by atoms with Gasteiger partial charge < -0.3 is 5.32 Å². The maximum absolute atomic E-state index is 9.33. The van der Waals surface area contributed by atoms with E-state index in [0.717, 1.165) is 16.6 Å². The lowest BCUT2D eigenvalue weighted by Crippen LogP contribution is -2.00. The van der Waals surface area contributed by atoms with Crippen LogP contribution < -0.4 is 5.32 Å². The zero-order valence-corrected chi connectivity index (χ0v) is 13.3. The molecule has 0 amide bonds. The lowest BCUT2D eigenvalue weighted by Gasteiger charge is -2.09. The maximum Gasteiger partial charge on any atom is 0.227 e. The van der Waals surface area contributed by atoms with Gasteiger partial charge in [0.15, 0.2) is 0 Å². The standard InChI is InChI=1S/C21H14N4/c22-13-18-14-23-21(25-20(18)16-7-2-1-3-8-16)24-19-11-10-15-6-4-5-9-17(15)12-19/h1-12,14H,(H,23,24,25). The Morgan fingerprint density at radius 1 is 0.840 bits per heavy atom. The summed E-state index contributed by atoms with van der Waals surface area (Å²) in [6.07, 6.45) is 1.55. The molecule has 4 rings (SSSR count). The van der Waals surface area contributed by atoms with E-state index in [2.05, 4.69) is 45.6 Å². The monoisotopic (exact) mass is 322 g/mol. The van der Waals surface area contributed by atoms with Gasteiger partial charge in [0.2, 0.25) is 5.95 Å². The van der Waals surface area contributed by atoms with Crippen molar-refractivity contribution in [3.8, 4) is 17.3 Å². The van der Waals surface area contributed by atoms with Gasteiger partial charge in [0.25, 0.3) is 0 Å². The highest BCUT2D eigenvalue weighted by Gasteiger charge is 2.09. The zero-order chi connectivity index (χ0) is 17.1. The molecule has 0 radical (unpaired) electrons. The van der Waals surface area contributed by atoms with Crippen LogP contribution in [0.25, 0.3) is 22.0 Å². The van der Waals surface area contributed by atoms with E-state index < -0.39 is 0 Å². The SMILES string of the molecule is N#Cc1cnc(Nc2ccc3ccccc3c2)nc1-c1ccccc1. The second kappa shape index (κ2) is 6.42. The van der Waals surface area contributed by atoms with Crippen LogP contribution in [0, 0.1) is 11.3 Å². The zero-order valence-electron chi connectivity index (χ0n) is 13.3. The normalized spacial score (nSPS) is 10.4. The Bertz CT molecular complexity index is 1080. The van der Waals surface area contributed by atoms with Crippen LogP contribution in [0.4, 0.5) is 11.6 Å². The molecule has 4 nitrogen and oxygen atoms in total. The highest BCUT2D eigenvalue weighted by molar-refractivity contribution is 5.86. The van der Waals surface area contributed by atoms with E-state index >= 15 is 0 Å². The molecule has 0 spiro atoms. The molecule has 118 valence electrons. The van der Waals surface area contributed by atoms with E-state index in [1.165, 1.54) is 5.39 Å². The molecule has 0 unspecified atom stereocenters. The van der Waals surface area contributed by atoms with Crippen LogP contribution in [0.15, 0.2) is 79.0 Å². The van der Waals surface area contributed by atoms with Gasteiger partial charge >= 0.3 is 0 Å². The van der Waals surface area contributed by atoms with Gasteiger partial charge in [-0.2, -0.15) is 5.26 Å². The number of nitriles is 1. The first-order valence-corrected chi connectivity index (χ1v) is 7.92. The Hall–Kier alpha value is -3.71. The average molecular weight is 322 g/mol. The van der Waals surface area contributed by atoms with Gasteiger partial charge in [-0.05, 0) is 22.9 Å². The lowest BCUT2D eigenvalue weighted by molar-refractivity contribution is 1.16. The number of aromatic nitrogens is 2. The van der Waals surface area contributed by atoms with Crippen LogP contribution in [0.1, 0.15) is 5.56 Å². The molecule has 0 atom stereocenters. The van der Waals surface area contributed by atoms with Crippen LogP contribution in [0.3, 0.4) is 0 Å². The van der Waals surface area contributed by atoms with E-state index in [0.29, 0.717) is 17.2 Å². The van der Waals surface area contributed by atoms with Gasteiger partial charge in [-0.15, -0.1) is 0 Å². The number of fused-ring (bicyclic) bond motifs is 1. The van der Waals surface area contributed by atoms with E-state index in [4.69, 9.17) is 0 Å². The molecule has 0 fully saturated rings. The number of benzene rings is 3. The predicted molar refractivity (Wildman–Crippen MR) is 99.4 cm³/mol. The molecule has 0 bridgehead atoms. The minimum absolute atomic E-state index is 0.454. The number of rotatable bonds is 3. The third-order valence-electron chi connectivity index (χ3n) is 3.96. The molecule has 4 aromatic rings. The van der Waals surface area contributed by atoms with Crippen molar-refractivity contribution < 1.29 is 0 Å². The first-order chi connectivity index (χ1) is 12.3. The van der Waals surface area contributed by atoms with Crippen molar-refractivity contribution in [2.24, 2.45) is 0 Å². The van der Waals surface area contributed by atoms with Crippen molar-refractivity contribution >= 4 is 22.4 Å². The number of anilines is 2. The van der Waals surface area contributed by atoms with Gasteiger partial charge in [0, 0.05) is 11.3 Å². The van der Waals surface area contributed by atoms with Crippen LogP contribution in [0.5, 0.6) is 0 Å². The Balaban J connectivity index is 1.72. The summed E-state index contributed by atoms with van der Waals surface area (Å²) in [5.74, 6) is 0.466. The minimum Gasteiger partial charge on any atom is -0.324 e. The first kappa shape index (κ1) is 14.9. The van der Waals surface area contributed by atoms with Gasteiger partial charge in [-0.25, -0.2) is 9.97 Å². The summed E-state index contributed by atoms with van der Waals surface area (Å²) in [5, 5.41) is 14.9. The van der Waals surface area contributed by atoms with Crippen molar-refractivity contribution in [3.63, 3.8) is 0 Å². The molecule has 0 aliphatic rings. The summed E-state index contributed by atoms with van der Waals surface area (Å²) in [4.78, 5) is 8.81. The number of nitrogens with zero attached hydrogens (tertiary/aromatic N) is 3. The largest absolute Gasteiger partial charge is 0.324 e. The van der Waals surface area contributed by atoms with Crippen LogP contribution in [-0.4, -0.2) is 9.97 Å². The smallest absolute Gasteiger partial charge is 0.227 e. The predicted octanol–water partition coefficient (Wildman–Crippen LogP) is 4.91. The van der Waals surface area contributed by atoms with E-state index in [-0.39, 0.29) is 0 Å². The Labute approximate surface area is 145 Å². The summed E-state index contributed by atoms with van der Waals surface area (Å²) in [6.45, 7) is 0. The average Bonchev–Trinajstić information content (AvgIpc) is 2.68. The Kier molecular flexibility index (Phi) is 3.82. The molecular weight excluding hydrogens is 308 g/mol. The molecule has 0 aliphatic heterocycles. The lowest BCUT2D eigenvalue weighted by atomic mass is 10.1. The molecule has 1 aromatic heterocycles. The van der Waals surface area contributed by atoms with Gasteiger partial charge in [-0.1, -0.05) is 60.7 Å². The van der Waals surface area contributed by atoms with E-state index in [1.807, 2.05) is 48.5 Å². The van der Waals surface area contributed by atoms with Crippen molar-refractivity contribution in [2.45, 2.75) is 0 Å². The molecule has 3 aromatic carbocycles. The number of nitrogens with one attached hydrogen (secondary N) is 1. The fraction of sp³-hybridized carbons (Fsp3) is 0. The second-order valence-electron chi connectivity index (χ2n) is 5.62. The summed E-state index contributed by atoms with van der Waals surface area (Å²) < 4.78 is 0. The van der Waals surface area contributed by atoms with Gasteiger partial charge in [-0.3, -0.25) is 0 Å². The number of hydrogen-bond acceptors (Lipinski definition) is 4. The highest BCUT2D eigenvalue weighted by Crippen LogP contribution is 2.24. The summed E-state index contributed by atoms with van der Waals surface area (Å²) in [5.41, 5.74) is 2.88. The number of hydrogen-bond donors (Lipinski definition) is 1. The van der Waals surface area contributed by atoms with Crippen molar-refractivity contribution in [1.29, 1.82) is 5.26 Å². The minimum atomic E-state index is 0.454. The van der Waals surface area contributed by atoms with Crippen molar-refractivity contribution in [1.82, 2.24) is 9.97 Å². The van der Waals surface area contributed by atoms with Crippen LogP contribution in [0.2, 0.25) is 0 Å². The molecule has 0 aliphatic carbocycles. The van der Waals surface area contributed by atoms with Gasteiger partial charge in [0.1, 0.15) is 6.07 Å². The highest BCUT2D eigenvalue weighted by atomic mass is 15.1. The van der Waals surface area contributed by atoms with Crippen LogP contribution in [-0.2, 0) is 0 Å². The van der Waals surface area contributed by atoms with E-state index in [1.54, 1.807) is 6.20 Å². The third-order valence-corrected chi connectivity index (χ3v) is 3.96. The second-order valence-corrected chi connectivity index (χ2v) is 5.62. The molecule has 0 saturated heterocycles. The molecule has 1 heterocycles. The molecule has 1 N–H and O–H groups in total. The molecule has 4 heteroatoms. The molecule has 0 saturated carbocycles. The van der Waals surface area contributed by atoms with E-state index in [9.17, 15) is 5.26 Å². The summed E-state index contributed by atoms with van der Waals surface area (Å²) in [7, 11) is 0. The fourth-order valence-electron chi connectivity index (χ4n) is 2.74. The summed E-state index contributed by atoms with van der Waals surface area (Å²) in [6, 6.07) is 26.1. The van der Waals surface area contributed by atoms with Crippen molar-refractivity contribution in [2.75, 3.05) is 5.32 Å². The molecular formula is C21H14N4. The van der Waals surface area contributed by atoms with Crippen molar-refractivity contribution in [3.05, 3.63) is 84.6 Å². The molecule has 25 heavy (non-hydrogen) atoms. The van der Waals surface area contributed by atoms with Crippen LogP contribution >= 0.6 is 0 Å². The Morgan fingerprint density at radius 3 is 2.40 bits per heavy atom. The first-order valence-electron chi connectivity index (χ1n) is 7.92. The van der Waals surface area contributed by atoms with Gasteiger partial charge in [0.05, 0.1) is 17.5 Å². The topological polar surface area (TPSA) is 61.6 Å². The Morgan fingerprint density at radius 2 is 1.60 bits per heavy atom. The third kappa shape index (κ3) is 3.04. The maximum atomic E-state index is 9.33. The quantitative estimate of drug-likeness (QED) is 0.582. The fourth-order valence-corrected chi connectivity index (χ4v) is 2.74. The summed E-state index contributed by atoms with van der Waals surface area (Å²) >= 11 is 0.